The minimum absolute atomic E-state index is 0.251. The molecule has 3 fully saturated rings. The molecule has 1 unspecified atom stereocenters. The smallest absolute Gasteiger partial charge is 0.130 e. The van der Waals surface area contributed by atoms with Gasteiger partial charge in [0, 0.05) is 13.0 Å². The van der Waals surface area contributed by atoms with Crippen LogP contribution < -0.4 is 0 Å². The number of nitrogens with zero attached hydrogens (tertiary/aromatic N) is 1. The molecule has 5 rings (SSSR count). The average Bonchev–Trinajstić information content (AvgIpc) is 2.75. The number of benzene rings is 2. The largest absolute Gasteiger partial charge is 0.303 e. The van der Waals surface area contributed by atoms with E-state index in [9.17, 15) is 4.79 Å². The number of hydrogen-bond donors (Lipinski definition) is 0. The predicted octanol–water partition coefficient (Wildman–Crippen LogP) is 6.66. The van der Waals surface area contributed by atoms with Gasteiger partial charge in [0.05, 0.1) is 0 Å². The number of carbonyl (C=O) groups is 1. The van der Waals surface area contributed by atoms with Crippen molar-refractivity contribution >= 4 is 5.78 Å². The van der Waals surface area contributed by atoms with E-state index in [0.29, 0.717) is 11.7 Å². The molecule has 2 nitrogen and oxygen atoms in total. The van der Waals surface area contributed by atoms with Gasteiger partial charge in [0.1, 0.15) is 5.78 Å². The second kappa shape index (κ2) is 9.92. The Morgan fingerprint density at radius 1 is 1.03 bits per heavy atom. The monoisotopic (exact) mass is 405 g/mol. The fourth-order valence-electron chi connectivity index (χ4n) is 4.76. The fraction of sp³-hybridized carbons (Fsp3) is 0.536. The minimum atomic E-state index is 0.251. The van der Waals surface area contributed by atoms with E-state index in [-0.39, 0.29) is 5.41 Å². The number of ketones is 1. The quantitative estimate of drug-likeness (QED) is 0.554. The lowest BCUT2D eigenvalue weighted by atomic mass is 9.77. The molecule has 3 aliphatic rings. The van der Waals surface area contributed by atoms with E-state index in [4.69, 9.17) is 0 Å². The Balaban J connectivity index is 0.000000184. The predicted molar refractivity (Wildman–Crippen MR) is 128 cm³/mol. The van der Waals surface area contributed by atoms with E-state index in [1.54, 1.807) is 6.92 Å². The van der Waals surface area contributed by atoms with Gasteiger partial charge in [-0.2, -0.15) is 0 Å². The highest BCUT2D eigenvalue weighted by Gasteiger charge is 2.34. The lowest BCUT2D eigenvalue weighted by molar-refractivity contribution is -0.119. The van der Waals surface area contributed by atoms with Crippen molar-refractivity contribution in [1.82, 2.24) is 4.90 Å². The first-order chi connectivity index (χ1) is 14.3. The maximum absolute atomic E-state index is 11.0. The van der Waals surface area contributed by atoms with Crippen LogP contribution in [0.15, 0.2) is 48.5 Å². The molecule has 0 saturated carbocycles. The molecule has 1 atom stereocenters. The van der Waals surface area contributed by atoms with E-state index in [0.717, 1.165) is 18.8 Å². The van der Waals surface area contributed by atoms with Crippen molar-refractivity contribution in [2.75, 3.05) is 19.6 Å². The third kappa shape index (κ3) is 5.82. The molecule has 0 aliphatic carbocycles. The second-order valence-electron chi connectivity index (χ2n) is 9.99. The van der Waals surface area contributed by atoms with Crippen molar-refractivity contribution in [3.8, 4) is 11.1 Å². The molecule has 0 N–H and O–H groups in total. The highest BCUT2D eigenvalue weighted by molar-refractivity contribution is 5.75. The van der Waals surface area contributed by atoms with Crippen LogP contribution >= 0.6 is 0 Å². The molecular weight excluding hydrogens is 366 g/mol. The van der Waals surface area contributed by atoms with E-state index < -0.39 is 0 Å². The van der Waals surface area contributed by atoms with Crippen LogP contribution in [0.2, 0.25) is 0 Å². The Kier molecular flexibility index (Phi) is 7.52. The summed E-state index contributed by atoms with van der Waals surface area (Å²) in [5, 5.41) is 0. The molecule has 2 heteroatoms. The van der Waals surface area contributed by atoms with Crippen LogP contribution in [0, 0.1) is 18.8 Å². The van der Waals surface area contributed by atoms with Gasteiger partial charge in [-0.1, -0.05) is 74.9 Å². The van der Waals surface area contributed by atoms with Crippen molar-refractivity contribution < 1.29 is 4.79 Å². The van der Waals surface area contributed by atoms with Crippen LogP contribution in [0.25, 0.3) is 11.1 Å². The first kappa shape index (κ1) is 22.7. The fourth-order valence-corrected chi connectivity index (χ4v) is 4.76. The molecule has 3 aliphatic heterocycles. The third-order valence-corrected chi connectivity index (χ3v) is 7.25. The highest BCUT2D eigenvalue weighted by atomic mass is 16.1. The second-order valence-corrected chi connectivity index (χ2v) is 9.99. The summed E-state index contributed by atoms with van der Waals surface area (Å²) in [6, 6.07) is 17.7. The summed E-state index contributed by atoms with van der Waals surface area (Å²) in [7, 11) is 0. The summed E-state index contributed by atoms with van der Waals surface area (Å²) >= 11 is 0. The molecule has 0 aromatic heterocycles. The number of Topliss-reactive ketones (excluding diaryl/α,β-unsaturated/α-hetero) is 1. The molecule has 2 bridgehead atoms. The zero-order valence-electron chi connectivity index (χ0n) is 19.6. The molecule has 0 amide bonds. The summed E-state index contributed by atoms with van der Waals surface area (Å²) in [5.41, 5.74) is 5.59. The van der Waals surface area contributed by atoms with Crippen LogP contribution in [0.3, 0.4) is 0 Å². The molecule has 2 aromatic carbocycles. The van der Waals surface area contributed by atoms with Crippen LogP contribution in [0.5, 0.6) is 0 Å². The summed E-state index contributed by atoms with van der Waals surface area (Å²) in [6.07, 6.45) is 4.64. The minimum Gasteiger partial charge on any atom is -0.303 e. The lowest BCUT2D eigenvalue weighted by Crippen LogP contribution is -2.47. The van der Waals surface area contributed by atoms with Gasteiger partial charge in [0.25, 0.3) is 0 Å². The van der Waals surface area contributed by atoms with E-state index in [2.05, 4.69) is 81.1 Å². The summed E-state index contributed by atoms with van der Waals surface area (Å²) in [6.45, 7) is 14.4. The van der Waals surface area contributed by atoms with Gasteiger partial charge in [-0.3, -0.25) is 0 Å². The zero-order chi connectivity index (χ0) is 21.7. The Hall–Kier alpha value is -1.93. The van der Waals surface area contributed by atoms with Gasteiger partial charge < -0.3 is 9.69 Å². The molecule has 0 spiro atoms. The molecular formula is C28H39NO. The highest BCUT2D eigenvalue weighted by Crippen LogP contribution is 2.34. The molecule has 2 aromatic rings. The van der Waals surface area contributed by atoms with Crippen molar-refractivity contribution in [2.45, 2.75) is 65.7 Å². The number of hydrogen-bond acceptors (Lipinski definition) is 2. The normalized spacial score (nSPS) is 22.9. The standard InChI is InChI=1S/C18H22.C10H17NO/c1-5-18(3,4)17-8-6-7-16(13-17)15-11-9-14(2)10-12-15;1-8(12)6-10-7-11-4-2-9(10)3-5-11/h6-13H,5H2,1-4H3;9-10H,2-7H2,1H3. The topological polar surface area (TPSA) is 20.3 Å². The van der Waals surface area contributed by atoms with Gasteiger partial charge in [0.2, 0.25) is 0 Å². The molecule has 3 heterocycles. The summed E-state index contributed by atoms with van der Waals surface area (Å²) in [4.78, 5) is 13.5. The number of fused-ring (bicyclic) bond motifs is 3. The molecule has 30 heavy (non-hydrogen) atoms. The molecule has 162 valence electrons. The third-order valence-electron chi connectivity index (χ3n) is 7.25. The van der Waals surface area contributed by atoms with Gasteiger partial charge in [-0.25, -0.2) is 0 Å². The first-order valence-corrected chi connectivity index (χ1v) is 11.7. The number of carbonyl (C=O) groups excluding carboxylic acids is 1. The van der Waals surface area contributed by atoms with Crippen LogP contribution in [-0.4, -0.2) is 30.3 Å². The van der Waals surface area contributed by atoms with Gasteiger partial charge >= 0.3 is 0 Å². The van der Waals surface area contributed by atoms with E-state index >= 15 is 0 Å². The van der Waals surface area contributed by atoms with Crippen LogP contribution in [0.1, 0.15) is 64.5 Å². The van der Waals surface area contributed by atoms with Crippen molar-refractivity contribution in [1.29, 1.82) is 0 Å². The van der Waals surface area contributed by atoms with Crippen LogP contribution in [0.4, 0.5) is 0 Å². The maximum atomic E-state index is 11.0. The Morgan fingerprint density at radius 2 is 1.70 bits per heavy atom. The molecule has 3 saturated heterocycles. The van der Waals surface area contributed by atoms with Gasteiger partial charge in [-0.15, -0.1) is 0 Å². The Morgan fingerprint density at radius 3 is 2.23 bits per heavy atom. The zero-order valence-corrected chi connectivity index (χ0v) is 19.6. The van der Waals surface area contributed by atoms with Crippen molar-refractivity contribution in [3.63, 3.8) is 0 Å². The Labute approximate surface area is 183 Å². The summed E-state index contributed by atoms with van der Waals surface area (Å²) in [5.74, 6) is 1.91. The average molecular weight is 406 g/mol. The van der Waals surface area contributed by atoms with Gasteiger partial charge in [0.15, 0.2) is 0 Å². The lowest BCUT2D eigenvalue weighted by Gasteiger charge is -2.44. The SMILES string of the molecule is CC(=O)CC1CN2CCC1CC2.CCC(C)(C)c1cccc(-c2ccc(C)cc2)c1. The maximum Gasteiger partial charge on any atom is 0.130 e. The van der Waals surface area contributed by atoms with Crippen LogP contribution in [-0.2, 0) is 10.2 Å². The number of piperidine rings is 3. The van der Waals surface area contributed by atoms with Crippen molar-refractivity contribution in [2.24, 2.45) is 11.8 Å². The number of aryl methyl sites for hydroxylation is 1. The Bertz CT molecular complexity index is 828. The molecule has 0 radical (unpaired) electrons. The van der Waals surface area contributed by atoms with E-state index in [1.807, 2.05) is 0 Å². The van der Waals surface area contributed by atoms with Gasteiger partial charge in [-0.05, 0) is 80.1 Å². The van der Waals surface area contributed by atoms with E-state index in [1.165, 1.54) is 54.7 Å². The summed E-state index contributed by atoms with van der Waals surface area (Å²) < 4.78 is 0. The number of rotatable bonds is 5. The van der Waals surface area contributed by atoms with Crippen molar-refractivity contribution in [3.05, 3.63) is 59.7 Å². The first-order valence-electron chi connectivity index (χ1n) is 11.7.